The molecule has 4 aromatic rings. The molecular formula is C23H25N5OS2. The van der Waals surface area contributed by atoms with Crippen LogP contribution in [-0.2, 0) is 4.74 Å². The van der Waals surface area contributed by atoms with Crippen LogP contribution >= 0.6 is 23.1 Å². The van der Waals surface area contributed by atoms with E-state index >= 15 is 0 Å². The highest BCUT2D eigenvalue weighted by Crippen LogP contribution is 2.42. The Morgan fingerprint density at radius 1 is 1.19 bits per heavy atom. The van der Waals surface area contributed by atoms with Crippen LogP contribution in [0.1, 0.15) is 19.8 Å². The number of nitrogens with zero attached hydrogens (tertiary/aromatic N) is 4. The molecule has 2 aliphatic rings. The second-order valence-corrected chi connectivity index (χ2v) is 10.6. The first-order valence-corrected chi connectivity index (χ1v) is 12.4. The van der Waals surface area contributed by atoms with Gasteiger partial charge in [-0.2, -0.15) is 0 Å². The summed E-state index contributed by atoms with van der Waals surface area (Å²) in [5.74, 6) is 0.960. The van der Waals surface area contributed by atoms with E-state index in [1.165, 1.54) is 15.0 Å². The third-order valence-corrected chi connectivity index (χ3v) is 9.09. The fraction of sp³-hybridized carbons (Fsp3) is 0.391. The molecule has 0 saturated carbocycles. The maximum absolute atomic E-state index is 6.49. The molecule has 5 heterocycles. The summed E-state index contributed by atoms with van der Waals surface area (Å²) in [6.45, 7) is 4.74. The van der Waals surface area contributed by atoms with E-state index in [1.807, 2.05) is 18.6 Å². The lowest BCUT2D eigenvalue weighted by Crippen LogP contribution is -2.51. The fourth-order valence-electron chi connectivity index (χ4n) is 4.98. The number of hydrogen-bond donors (Lipinski definition) is 1. The van der Waals surface area contributed by atoms with E-state index < -0.39 is 0 Å². The van der Waals surface area contributed by atoms with Crippen LogP contribution in [-0.4, -0.2) is 46.2 Å². The van der Waals surface area contributed by atoms with Gasteiger partial charge in [-0.05, 0) is 42.7 Å². The molecule has 160 valence electrons. The standard InChI is InChI=1S/C23H25N5OS2/c1-15-20(24)23(14-29-15)6-9-27(10-7-23)22-26-13-18(21-25-8-11-28(21)22)31-17-4-2-3-16-5-12-30-19(16)17/h2-5,8,11-13,15,20H,6-7,9-10,14,24H2,1H3/t15-,20+/m0/s1. The summed E-state index contributed by atoms with van der Waals surface area (Å²) < 4.78 is 9.32. The number of nitrogens with two attached hydrogens (primary N) is 1. The third-order valence-electron chi connectivity index (χ3n) is 6.93. The number of ether oxygens (including phenoxy) is 1. The average molecular weight is 452 g/mol. The van der Waals surface area contributed by atoms with Crippen LogP contribution in [0.25, 0.3) is 15.7 Å². The zero-order valence-electron chi connectivity index (χ0n) is 17.4. The normalized spacial score (nSPS) is 23.4. The number of imidazole rings is 1. The number of benzene rings is 1. The molecule has 1 spiro atoms. The van der Waals surface area contributed by atoms with Crippen molar-refractivity contribution < 1.29 is 4.74 Å². The highest BCUT2D eigenvalue weighted by atomic mass is 32.2. The average Bonchev–Trinajstić information content (AvgIpc) is 3.53. The van der Waals surface area contributed by atoms with Gasteiger partial charge in [-0.1, -0.05) is 23.9 Å². The first-order chi connectivity index (χ1) is 15.1. The zero-order valence-corrected chi connectivity index (χ0v) is 19.0. The maximum Gasteiger partial charge on any atom is 0.211 e. The lowest BCUT2D eigenvalue weighted by atomic mass is 9.73. The van der Waals surface area contributed by atoms with Gasteiger partial charge in [-0.25, -0.2) is 9.97 Å². The van der Waals surface area contributed by atoms with Crippen LogP contribution in [0.5, 0.6) is 0 Å². The molecule has 31 heavy (non-hydrogen) atoms. The fourth-order valence-corrected chi connectivity index (χ4v) is 7.00. The van der Waals surface area contributed by atoms with Crippen molar-refractivity contribution in [3.63, 3.8) is 0 Å². The van der Waals surface area contributed by atoms with E-state index in [0.29, 0.717) is 0 Å². The zero-order chi connectivity index (χ0) is 21.0. The van der Waals surface area contributed by atoms with Crippen LogP contribution < -0.4 is 10.6 Å². The largest absolute Gasteiger partial charge is 0.376 e. The van der Waals surface area contributed by atoms with Crippen molar-refractivity contribution in [3.8, 4) is 0 Å². The summed E-state index contributed by atoms with van der Waals surface area (Å²) in [6.07, 6.45) is 8.08. The number of hydrogen-bond acceptors (Lipinski definition) is 7. The molecule has 6 nitrogen and oxygen atoms in total. The third kappa shape index (κ3) is 3.16. The Morgan fingerprint density at radius 2 is 2.06 bits per heavy atom. The van der Waals surface area contributed by atoms with Crippen LogP contribution in [0.3, 0.4) is 0 Å². The molecule has 2 aliphatic heterocycles. The molecule has 1 aromatic carbocycles. The first kappa shape index (κ1) is 19.5. The van der Waals surface area contributed by atoms with E-state index in [0.717, 1.165) is 49.0 Å². The minimum Gasteiger partial charge on any atom is -0.376 e. The van der Waals surface area contributed by atoms with Gasteiger partial charge in [-0.15, -0.1) is 11.3 Å². The number of aromatic nitrogens is 3. The van der Waals surface area contributed by atoms with Crippen molar-refractivity contribution >= 4 is 44.8 Å². The second-order valence-electron chi connectivity index (χ2n) is 8.63. The lowest BCUT2D eigenvalue weighted by Gasteiger charge is -2.41. The van der Waals surface area contributed by atoms with Gasteiger partial charge in [0.15, 0.2) is 5.65 Å². The van der Waals surface area contributed by atoms with E-state index in [-0.39, 0.29) is 17.6 Å². The van der Waals surface area contributed by atoms with E-state index in [9.17, 15) is 0 Å². The number of anilines is 1. The van der Waals surface area contributed by atoms with Crippen molar-refractivity contribution in [2.45, 2.75) is 41.7 Å². The van der Waals surface area contributed by atoms with Gasteiger partial charge >= 0.3 is 0 Å². The molecule has 0 bridgehead atoms. The van der Waals surface area contributed by atoms with E-state index in [1.54, 1.807) is 23.1 Å². The topological polar surface area (TPSA) is 68.7 Å². The van der Waals surface area contributed by atoms with Crippen LogP contribution in [0.4, 0.5) is 5.95 Å². The van der Waals surface area contributed by atoms with Crippen LogP contribution in [0.15, 0.2) is 58.0 Å². The molecule has 3 aromatic heterocycles. The predicted molar refractivity (Wildman–Crippen MR) is 126 cm³/mol. The predicted octanol–water partition coefficient (Wildman–Crippen LogP) is 4.43. The highest BCUT2D eigenvalue weighted by molar-refractivity contribution is 8.00. The van der Waals surface area contributed by atoms with Gasteiger partial charge in [-0.3, -0.25) is 4.40 Å². The van der Waals surface area contributed by atoms with Crippen LogP contribution in [0, 0.1) is 5.41 Å². The number of rotatable bonds is 3. The summed E-state index contributed by atoms with van der Waals surface area (Å²) >= 11 is 3.52. The smallest absolute Gasteiger partial charge is 0.211 e. The van der Waals surface area contributed by atoms with E-state index in [4.69, 9.17) is 15.5 Å². The minimum absolute atomic E-state index is 0.110. The highest BCUT2D eigenvalue weighted by Gasteiger charge is 2.47. The summed E-state index contributed by atoms with van der Waals surface area (Å²) in [5, 5.41) is 3.43. The summed E-state index contributed by atoms with van der Waals surface area (Å²) in [4.78, 5) is 14.2. The lowest BCUT2D eigenvalue weighted by molar-refractivity contribution is 0.0973. The number of fused-ring (bicyclic) bond motifs is 2. The SMILES string of the molecule is C[C@@H]1OCC2(CCN(c3ncc(Sc4cccc5ccsc45)c4nccn34)CC2)[C@@H]1N. The Labute approximate surface area is 189 Å². The van der Waals surface area contributed by atoms with E-state index in [2.05, 4.69) is 50.9 Å². The Hall–Kier alpha value is -2.13. The van der Waals surface area contributed by atoms with Gasteiger partial charge in [0.05, 0.1) is 17.6 Å². The maximum atomic E-state index is 6.49. The van der Waals surface area contributed by atoms with Crippen molar-refractivity contribution in [2.24, 2.45) is 11.1 Å². The van der Waals surface area contributed by atoms with Crippen molar-refractivity contribution in [1.29, 1.82) is 0 Å². The summed E-state index contributed by atoms with van der Waals surface area (Å²) in [5.41, 5.74) is 7.56. The first-order valence-electron chi connectivity index (χ1n) is 10.7. The molecule has 2 atom stereocenters. The van der Waals surface area contributed by atoms with Gasteiger partial charge < -0.3 is 15.4 Å². The van der Waals surface area contributed by atoms with Gasteiger partial charge in [0.1, 0.15) is 0 Å². The molecule has 8 heteroatoms. The number of piperidine rings is 1. The Bertz CT molecular complexity index is 1240. The molecule has 6 rings (SSSR count). The Morgan fingerprint density at radius 3 is 2.87 bits per heavy atom. The minimum atomic E-state index is 0.110. The molecule has 2 saturated heterocycles. The summed E-state index contributed by atoms with van der Waals surface area (Å²) in [6, 6.07) is 8.74. The number of thiophene rings is 1. The second kappa shape index (κ2) is 7.48. The van der Waals surface area contributed by atoms with Gasteiger partial charge in [0.25, 0.3) is 0 Å². The molecule has 2 fully saturated rings. The molecular weight excluding hydrogens is 426 g/mol. The molecule has 2 N–H and O–H groups in total. The molecule has 0 unspecified atom stereocenters. The van der Waals surface area contributed by atoms with Gasteiger partial charge in [0, 0.05) is 52.7 Å². The van der Waals surface area contributed by atoms with Crippen LogP contribution in [0.2, 0.25) is 0 Å². The van der Waals surface area contributed by atoms with Crippen molar-refractivity contribution in [2.75, 3.05) is 24.6 Å². The Balaban J connectivity index is 1.29. The van der Waals surface area contributed by atoms with Gasteiger partial charge in [0.2, 0.25) is 5.95 Å². The van der Waals surface area contributed by atoms with Crippen molar-refractivity contribution in [1.82, 2.24) is 14.4 Å². The Kier molecular flexibility index (Phi) is 4.72. The monoisotopic (exact) mass is 451 g/mol. The summed E-state index contributed by atoms with van der Waals surface area (Å²) in [7, 11) is 0. The molecule has 0 aliphatic carbocycles. The molecule has 0 radical (unpaired) electrons. The quantitative estimate of drug-likeness (QED) is 0.497. The molecule has 0 amide bonds. The van der Waals surface area contributed by atoms with Crippen molar-refractivity contribution in [3.05, 3.63) is 48.2 Å².